The molecule has 5 N–H and O–H groups in total. The fraction of sp³-hybridized carbons (Fsp3) is 0.706. The quantitative estimate of drug-likeness (QED) is 0.248. The summed E-state index contributed by atoms with van der Waals surface area (Å²) in [5, 5.41) is 32.3. The molecular formula is C17H28N4O7S. The molecule has 0 aliphatic carbocycles. The highest BCUT2D eigenvalue weighted by Gasteiger charge is 2.51. The van der Waals surface area contributed by atoms with E-state index >= 15 is 0 Å². The Morgan fingerprint density at radius 3 is 2.62 bits per heavy atom. The van der Waals surface area contributed by atoms with Gasteiger partial charge in [0.1, 0.15) is 0 Å². The Morgan fingerprint density at radius 1 is 1.41 bits per heavy atom. The number of nitrogens with one attached hydrogen (secondary N) is 2. The first-order valence-electron chi connectivity index (χ1n) is 9.15. The second kappa shape index (κ2) is 9.87. The van der Waals surface area contributed by atoms with Crippen molar-refractivity contribution in [1.82, 2.24) is 14.9 Å². The van der Waals surface area contributed by atoms with Crippen molar-refractivity contribution in [2.75, 3.05) is 39.5 Å². The summed E-state index contributed by atoms with van der Waals surface area (Å²) in [5.74, 6) is -2.66. The summed E-state index contributed by atoms with van der Waals surface area (Å²) in [6, 6.07) is 0. The average molecular weight is 432 g/mol. The molecule has 29 heavy (non-hydrogen) atoms. The van der Waals surface area contributed by atoms with Gasteiger partial charge in [0.25, 0.3) is 0 Å². The van der Waals surface area contributed by atoms with Crippen molar-refractivity contribution in [3.05, 3.63) is 11.6 Å². The SMILES string of the molecule is CC(C)(C)NCC(O)COC1(/C(=C/C(=O)O)C(=O)O)NSN=C1N1CCOCC1. The Kier molecular flexibility index (Phi) is 8.02. The van der Waals surface area contributed by atoms with Crippen molar-refractivity contribution in [2.24, 2.45) is 4.40 Å². The second-order valence-electron chi connectivity index (χ2n) is 7.69. The summed E-state index contributed by atoms with van der Waals surface area (Å²) in [7, 11) is 0. The lowest BCUT2D eigenvalue weighted by molar-refractivity contribution is -0.138. The zero-order valence-electron chi connectivity index (χ0n) is 16.7. The van der Waals surface area contributed by atoms with E-state index in [0.29, 0.717) is 32.4 Å². The molecular weight excluding hydrogens is 404 g/mol. The Morgan fingerprint density at radius 2 is 2.07 bits per heavy atom. The monoisotopic (exact) mass is 432 g/mol. The predicted molar refractivity (Wildman–Crippen MR) is 106 cm³/mol. The van der Waals surface area contributed by atoms with Crippen LogP contribution in [-0.2, 0) is 19.1 Å². The van der Waals surface area contributed by atoms with E-state index in [1.54, 1.807) is 4.90 Å². The molecule has 2 atom stereocenters. The number of amidine groups is 1. The molecule has 2 heterocycles. The van der Waals surface area contributed by atoms with Crippen molar-refractivity contribution >= 4 is 29.9 Å². The van der Waals surface area contributed by atoms with Crippen LogP contribution in [0.15, 0.2) is 16.0 Å². The maximum Gasteiger partial charge on any atom is 0.336 e. The van der Waals surface area contributed by atoms with Crippen LogP contribution in [-0.4, -0.2) is 94.8 Å². The summed E-state index contributed by atoms with van der Waals surface area (Å²) in [4.78, 5) is 25.0. The molecule has 2 rings (SSSR count). The smallest absolute Gasteiger partial charge is 0.336 e. The molecule has 2 aliphatic rings. The normalized spacial score (nSPS) is 24.3. The number of carbonyl (C=O) groups is 2. The molecule has 0 saturated carbocycles. The summed E-state index contributed by atoms with van der Waals surface area (Å²) < 4.78 is 18.2. The lowest BCUT2D eigenvalue weighted by atomic mass is 10.00. The summed E-state index contributed by atoms with van der Waals surface area (Å²) in [6.07, 6.45) is -0.374. The van der Waals surface area contributed by atoms with Gasteiger partial charge in [0, 0.05) is 31.2 Å². The number of rotatable bonds is 8. The standard InChI is InChI=1S/C17H28N4O7S/c1-16(2,3)18-9-11(22)10-28-17(12(14(25)26)8-13(23)24)15(19-29-20-17)21-4-6-27-7-5-21/h8,11,18,20,22H,4-7,9-10H2,1-3H3,(H,23,24)(H,25,26)/b12-8+. The minimum absolute atomic E-state index is 0.210. The molecule has 2 aliphatic heterocycles. The first-order chi connectivity index (χ1) is 13.5. The van der Waals surface area contributed by atoms with Crippen LogP contribution in [0.4, 0.5) is 0 Å². The van der Waals surface area contributed by atoms with Gasteiger partial charge in [-0.05, 0) is 20.8 Å². The van der Waals surface area contributed by atoms with E-state index in [9.17, 15) is 24.9 Å². The van der Waals surface area contributed by atoms with Crippen LogP contribution in [0.25, 0.3) is 0 Å². The van der Waals surface area contributed by atoms with Crippen LogP contribution in [0, 0.1) is 0 Å². The molecule has 2 unspecified atom stereocenters. The molecule has 0 aromatic rings. The first kappa shape index (κ1) is 23.6. The molecule has 0 aromatic carbocycles. The number of morpholine rings is 1. The third kappa shape index (κ3) is 6.39. The van der Waals surface area contributed by atoms with Gasteiger partial charge in [0.15, 0.2) is 5.84 Å². The van der Waals surface area contributed by atoms with Gasteiger partial charge in [-0.2, -0.15) is 4.40 Å². The Bertz CT molecular complexity index is 673. The van der Waals surface area contributed by atoms with Gasteiger partial charge in [-0.1, -0.05) is 0 Å². The van der Waals surface area contributed by atoms with Gasteiger partial charge in [0.2, 0.25) is 5.72 Å². The van der Waals surface area contributed by atoms with E-state index < -0.39 is 29.3 Å². The molecule has 0 bridgehead atoms. The van der Waals surface area contributed by atoms with Gasteiger partial charge in [-0.3, -0.25) is 0 Å². The van der Waals surface area contributed by atoms with Gasteiger partial charge in [-0.15, -0.1) is 0 Å². The van der Waals surface area contributed by atoms with Gasteiger partial charge >= 0.3 is 11.9 Å². The molecule has 1 saturated heterocycles. The lowest BCUT2D eigenvalue weighted by Crippen LogP contribution is -2.60. The summed E-state index contributed by atoms with van der Waals surface area (Å²) in [6.45, 7) is 7.52. The molecule has 0 spiro atoms. The number of β-amino-alcohol motifs (C(OH)–C–C–N with tert-alkyl or cyclic N) is 1. The molecule has 1 fully saturated rings. The predicted octanol–water partition coefficient (Wildman–Crippen LogP) is -0.559. The number of aliphatic hydroxyl groups excluding tert-OH is 1. The van der Waals surface area contributed by atoms with Crippen LogP contribution in [0.5, 0.6) is 0 Å². The number of hydrogen-bond acceptors (Lipinski definition) is 10. The topological polar surface area (TPSA) is 153 Å². The Hall–Kier alpha value is -1.70. The number of nitrogens with zero attached hydrogens (tertiary/aromatic N) is 2. The van der Waals surface area contributed by atoms with Crippen LogP contribution in [0.1, 0.15) is 20.8 Å². The molecule has 0 radical (unpaired) electrons. The van der Waals surface area contributed by atoms with E-state index in [1.165, 1.54) is 0 Å². The van der Waals surface area contributed by atoms with Crippen LogP contribution < -0.4 is 10.0 Å². The highest BCUT2D eigenvalue weighted by Crippen LogP contribution is 2.33. The second-order valence-corrected chi connectivity index (χ2v) is 8.26. The van der Waals surface area contributed by atoms with Crippen molar-refractivity contribution in [3.63, 3.8) is 0 Å². The van der Waals surface area contributed by atoms with Crippen molar-refractivity contribution in [2.45, 2.75) is 38.1 Å². The zero-order chi connectivity index (χ0) is 21.7. The minimum atomic E-state index is -1.82. The van der Waals surface area contributed by atoms with Crippen LogP contribution in [0.3, 0.4) is 0 Å². The van der Waals surface area contributed by atoms with E-state index in [2.05, 4.69) is 14.4 Å². The number of aliphatic hydroxyl groups is 1. The largest absolute Gasteiger partial charge is 0.478 e. The van der Waals surface area contributed by atoms with Gasteiger partial charge < -0.3 is 35.0 Å². The fourth-order valence-corrected chi connectivity index (χ4v) is 3.55. The number of hydrogen-bond donors (Lipinski definition) is 5. The Labute approximate surface area is 173 Å². The Balaban J connectivity index is 2.29. The highest BCUT2D eigenvalue weighted by atomic mass is 32.2. The van der Waals surface area contributed by atoms with Gasteiger partial charge in [0.05, 0.1) is 43.6 Å². The maximum absolute atomic E-state index is 11.9. The van der Waals surface area contributed by atoms with E-state index in [0.717, 1.165) is 12.1 Å². The van der Waals surface area contributed by atoms with Gasteiger partial charge in [-0.25, -0.2) is 14.3 Å². The molecule has 0 amide bonds. The van der Waals surface area contributed by atoms with Crippen LogP contribution in [0.2, 0.25) is 0 Å². The highest BCUT2D eigenvalue weighted by molar-refractivity contribution is 7.96. The van der Waals surface area contributed by atoms with Crippen molar-refractivity contribution in [1.29, 1.82) is 0 Å². The first-order valence-corrected chi connectivity index (χ1v) is 9.92. The van der Waals surface area contributed by atoms with E-state index in [1.807, 2.05) is 20.8 Å². The maximum atomic E-state index is 11.9. The third-order valence-corrected chi connectivity index (χ3v) is 4.83. The molecule has 164 valence electrons. The van der Waals surface area contributed by atoms with E-state index in [-0.39, 0.29) is 24.5 Å². The van der Waals surface area contributed by atoms with Crippen molar-refractivity contribution in [3.8, 4) is 0 Å². The average Bonchev–Trinajstić information content (AvgIpc) is 3.07. The summed E-state index contributed by atoms with van der Waals surface area (Å²) in [5.41, 5.74) is -2.58. The van der Waals surface area contributed by atoms with E-state index in [4.69, 9.17) is 9.47 Å². The molecule has 12 heteroatoms. The number of ether oxygens (including phenoxy) is 2. The fourth-order valence-electron chi connectivity index (χ4n) is 2.78. The molecule has 0 aromatic heterocycles. The van der Waals surface area contributed by atoms with Crippen LogP contribution >= 0.6 is 12.1 Å². The summed E-state index contributed by atoms with van der Waals surface area (Å²) >= 11 is 0.861. The number of carboxylic acid groups (broad SMARTS) is 2. The minimum Gasteiger partial charge on any atom is -0.478 e. The number of carboxylic acids is 2. The molecule has 11 nitrogen and oxygen atoms in total. The zero-order valence-corrected chi connectivity index (χ0v) is 17.5. The lowest BCUT2D eigenvalue weighted by Gasteiger charge is -2.38. The van der Waals surface area contributed by atoms with Crippen molar-refractivity contribution < 1.29 is 34.4 Å². The number of aliphatic carboxylic acids is 2. The third-order valence-electron chi connectivity index (χ3n) is 4.18.